The Labute approximate surface area is 158 Å². The lowest BCUT2D eigenvalue weighted by atomic mass is 9.96. The highest BCUT2D eigenvalue weighted by Gasteiger charge is 2.17. The number of aliphatic hydroxyl groups is 1. The molecule has 1 atom stereocenters. The fourth-order valence-corrected chi connectivity index (χ4v) is 3.51. The van der Waals surface area contributed by atoms with Gasteiger partial charge in [-0.25, -0.2) is 9.97 Å². The van der Waals surface area contributed by atoms with E-state index in [1.807, 2.05) is 10.9 Å². The molecule has 1 unspecified atom stereocenters. The van der Waals surface area contributed by atoms with E-state index in [4.69, 9.17) is 27.2 Å². The second kappa shape index (κ2) is 9.30. The van der Waals surface area contributed by atoms with E-state index < -0.39 is 0 Å². The fourth-order valence-electron chi connectivity index (χ4n) is 3.31. The molecule has 7 nitrogen and oxygen atoms in total. The first kappa shape index (κ1) is 19.1. The van der Waals surface area contributed by atoms with E-state index in [0.717, 1.165) is 25.0 Å². The second-order valence-corrected chi connectivity index (χ2v) is 7.20. The number of nitrogen functional groups attached to an aromatic ring is 1. The van der Waals surface area contributed by atoms with E-state index in [2.05, 4.69) is 15.1 Å². The molecule has 2 aliphatic rings. The number of nitrogens with two attached hydrogens (primary N) is 1. The van der Waals surface area contributed by atoms with Crippen LogP contribution in [-0.4, -0.2) is 44.2 Å². The van der Waals surface area contributed by atoms with Crippen LogP contribution in [0.2, 0.25) is 5.02 Å². The monoisotopic (exact) mass is 379 g/mol. The maximum Gasteiger partial charge on any atom is 0.220 e. The van der Waals surface area contributed by atoms with Crippen molar-refractivity contribution in [3.63, 3.8) is 0 Å². The van der Waals surface area contributed by atoms with Crippen LogP contribution in [-0.2, 0) is 4.74 Å². The van der Waals surface area contributed by atoms with Crippen molar-refractivity contribution < 1.29 is 9.84 Å². The van der Waals surface area contributed by atoms with Gasteiger partial charge < -0.3 is 15.6 Å². The first-order valence-corrected chi connectivity index (χ1v) is 9.59. The van der Waals surface area contributed by atoms with Crippen molar-refractivity contribution in [2.45, 2.75) is 57.1 Å². The highest BCUT2D eigenvalue weighted by molar-refractivity contribution is 6.32. The highest BCUT2D eigenvalue weighted by atomic mass is 35.5. The molecule has 2 aromatic heterocycles. The molecule has 1 aliphatic carbocycles. The van der Waals surface area contributed by atoms with Gasteiger partial charge in [0.05, 0.1) is 41.9 Å². The van der Waals surface area contributed by atoms with Crippen molar-refractivity contribution in [1.82, 2.24) is 19.7 Å². The van der Waals surface area contributed by atoms with E-state index in [1.54, 1.807) is 6.20 Å². The average Bonchev–Trinajstić information content (AvgIpc) is 3.16. The SMILES string of the molecule is Nc1ncc(Cl)c(-c2cnn(C3CCCCC3)c2)n1.OC1CCCOC1. The lowest BCUT2D eigenvalue weighted by Crippen LogP contribution is -2.21. The predicted molar refractivity (Wildman–Crippen MR) is 101 cm³/mol. The number of anilines is 1. The molecule has 0 aromatic carbocycles. The summed E-state index contributed by atoms with van der Waals surface area (Å²) in [4.78, 5) is 8.05. The number of hydrogen-bond donors (Lipinski definition) is 2. The molecule has 0 spiro atoms. The minimum atomic E-state index is -0.186. The number of aliphatic hydroxyl groups excluding tert-OH is 1. The first-order valence-electron chi connectivity index (χ1n) is 9.22. The first-order chi connectivity index (χ1) is 12.6. The van der Waals surface area contributed by atoms with Crippen LogP contribution in [0.1, 0.15) is 51.0 Å². The maximum atomic E-state index is 8.78. The molecule has 1 aliphatic heterocycles. The van der Waals surface area contributed by atoms with E-state index in [0.29, 0.717) is 23.4 Å². The lowest BCUT2D eigenvalue weighted by molar-refractivity contribution is -0.00535. The topological polar surface area (TPSA) is 99.1 Å². The van der Waals surface area contributed by atoms with Crippen LogP contribution in [0.3, 0.4) is 0 Å². The fraction of sp³-hybridized carbons (Fsp3) is 0.611. The van der Waals surface area contributed by atoms with Gasteiger partial charge in [-0.05, 0) is 25.7 Å². The smallest absolute Gasteiger partial charge is 0.220 e. The van der Waals surface area contributed by atoms with E-state index in [1.165, 1.54) is 38.3 Å². The van der Waals surface area contributed by atoms with E-state index >= 15 is 0 Å². The third-order valence-corrected chi connectivity index (χ3v) is 5.00. The molecule has 8 heteroatoms. The number of halogens is 1. The molecule has 1 saturated carbocycles. The lowest BCUT2D eigenvalue weighted by Gasteiger charge is -2.21. The molecule has 142 valence electrons. The van der Waals surface area contributed by atoms with E-state index in [9.17, 15) is 0 Å². The second-order valence-electron chi connectivity index (χ2n) is 6.80. The van der Waals surface area contributed by atoms with E-state index in [-0.39, 0.29) is 12.1 Å². The van der Waals surface area contributed by atoms with Crippen LogP contribution >= 0.6 is 11.6 Å². The van der Waals surface area contributed by atoms with Gasteiger partial charge in [0.15, 0.2) is 0 Å². The summed E-state index contributed by atoms with van der Waals surface area (Å²) in [6, 6.07) is 0.500. The summed E-state index contributed by atoms with van der Waals surface area (Å²) in [6.07, 6.45) is 13.3. The Morgan fingerprint density at radius 3 is 2.62 bits per heavy atom. The van der Waals surface area contributed by atoms with Gasteiger partial charge in [-0.15, -0.1) is 0 Å². The predicted octanol–water partition coefficient (Wildman–Crippen LogP) is 3.24. The molecular formula is C18H26ClN5O2. The van der Waals surface area contributed by atoms with Gasteiger partial charge in [0.1, 0.15) is 0 Å². The van der Waals surface area contributed by atoms with Gasteiger partial charge in [0, 0.05) is 18.4 Å². The summed E-state index contributed by atoms with van der Waals surface area (Å²) in [5.74, 6) is 0.227. The zero-order valence-corrected chi connectivity index (χ0v) is 15.6. The minimum absolute atomic E-state index is 0.186. The largest absolute Gasteiger partial charge is 0.391 e. The van der Waals surface area contributed by atoms with Crippen molar-refractivity contribution >= 4 is 17.5 Å². The number of rotatable bonds is 2. The summed E-state index contributed by atoms with van der Waals surface area (Å²) < 4.78 is 6.96. The molecule has 0 radical (unpaired) electrons. The highest BCUT2D eigenvalue weighted by Crippen LogP contribution is 2.30. The Morgan fingerprint density at radius 2 is 1.96 bits per heavy atom. The van der Waals surface area contributed by atoms with Gasteiger partial charge in [-0.2, -0.15) is 5.10 Å². The average molecular weight is 380 g/mol. The molecular weight excluding hydrogens is 354 g/mol. The zero-order valence-electron chi connectivity index (χ0n) is 14.9. The van der Waals surface area contributed by atoms with Crippen molar-refractivity contribution in [3.05, 3.63) is 23.6 Å². The quantitative estimate of drug-likeness (QED) is 0.830. The number of hydrogen-bond acceptors (Lipinski definition) is 6. The Kier molecular flexibility index (Phi) is 6.82. The Balaban J connectivity index is 0.000000236. The van der Waals surface area contributed by atoms with Gasteiger partial charge in [-0.1, -0.05) is 30.9 Å². The summed E-state index contributed by atoms with van der Waals surface area (Å²) >= 11 is 6.11. The summed E-state index contributed by atoms with van der Waals surface area (Å²) in [5.41, 5.74) is 7.15. The molecule has 1 saturated heterocycles. The molecule has 4 rings (SSSR count). The van der Waals surface area contributed by atoms with Crippen LogP contribution in [0.4, 0.5) is 5.95 Å². The number of nitrogens with zero attached hydrogens (tertiary/aromatic N) is 4. The molecule has 0 bridgehead atoms. The summed E-state index contributed by atoms with van der Waals surface area (Å²) in [5, 5.41) is 13.7. The molecule has 2 fully saturated rings. The Bertz CT molecular complexity index is 697. The van der Waals surface area contributed by atoms with Crippen molar-refractivity contribution in [2.75, 3.05) is 18.9 Å². The Hall–Kier alpha value is -1.70. The van der Waals surface area contributed by atoms with Crippen molar-refractivity contribution in [1.29, 1.82) is 0 Å². The number of ether oxygens (including phenoxy) is 1. The minimum Gasteiger partial charge on any atom is -0.391 e. The molecule has 26 heavy (non-hydrogen) atoms. The molecule has 3 heterocycles. The third-order valence-electron chi connectivity index (χ3n) is 4.72. The third kappa shape index (κ3) is 5.16. The Morgan fingerprint density at radius 1 is 1.15 bits per heavy atom. The van der Waals surface area contributed by atoms with Crippen molar-refractivity contribution in [3.8, 4) is 11.3 Å². The molecule has 0 amide bonds. The van der Waals surface area contributed by atoms with Gasteiger partial charge >= 0.3 is 0 Å². The van der Waals surface area contributed by atoms with Crippen LogP contribution < -0.4 is 5.73 Å². The van der Waals surface area contributed by atoms with Gasteiger partial charge in [0.2, 0.25) is 5.95 Å². The maximum absolute atomic E-state index is 8.78. The normalized spacial score (nSPS) is 21.1. The van der Waals surface area contributed by atoms with Crippen LogP contribution in [0.5, 0.6) is 0 Å². The molecule has 2 aromatic rings. The van der Waals surface area contributed by atoms with Crippen LogP contribution in [0, 0.1) is 0 Å². The standard InChI is InChI=1S/C13H16ClN5.C5H10O2/c14-11-7-16-13(15)18-12(11)9-6-17-19(8-9)10-4-2-1-3-5-10;6-5-2-1-3-7-4-5/h6-8,10H,1-5H2,(H2,15,16,18);5-6H,1-4H2. The molecule has 3 N–H and O–H groups in total. The number of aromatic nitrogens is 4. The summed E-state index contributed by atoms with van der Waals surface area (Å²) in [7, 11) is 0. The van der Waals surface area contributed by atoms with Crippen molar-refractivity contribution in [2.24, 2.45) is 0 Å². The zero-order chi connectivity index (χ0) is 18.4. The van der Waals surface area contributed by atoms with Crippen LogP contribution in [0.25, 0.3) is 11.3 Å². The van der Waals surface area contributed by atoms with Gasteiger partial charge in [0.25, 0.3) is 0 Å². The van der Waals surface area contributed by atoms with Gasteiger partial charge in [-0.3, -0.25) is 4.68 Å². The van der Waals surface area contributed by atoms with Crippen LogP contribution in [0.15, 0.2) is 18.6 Å². The summed E-state index contributed by atoms with van der Waals surface area (Å²) in [6.45, 7) is 1.37.